The Hall–Kier alpha value is -2.44. The Morgan fingerprint density at radius 2 is 1.96 bits per heavy atom. The molecule has 0 fully saturated rings. The minimum Gasteiger partial charge on any atom is -0.481 e. The summed E-state index contributed by atoms with van der Waals surface area (Å²) >= 11 is 7.17. The molecule has 3 rings (SSSR count). The SMILES string of the molecule is Cc1cccc(O[C@@H](C)C(=O)Nc2nnc(-c3ccc(Cl)cc3)s2)c1. The first-order valence-corrected chi connectivity index (χ1v) is 8.84. The first kappa shape index (κ1) is 17.4. The number of halogens is 1. The van der Waals surface area contributed by atoms with Crippen LogP contribution in [0.25, 0.3) is 10.6 Å². The molecule has 0 aliphatic heterocycles. The van der Waals surface area contributed by atoms with E-state index < -0.39 is 6.10 Å². The summed E-state index contributed by atoms with van der Waals surface area (Å²) in [5.41, 5.74) is 1.97. The number of nitrogens with one attached hydrogen (secondary N) is 1. The molecule has 0 saturated heterocycles. The van der Waals surface area contributed by atoms with Gasteiger partial charge in [-0.15, -0.1) is 10.2 Å². The number of carbonyl (C=O) groups excluding carboxylic acids is 1. The zero-order valence-electron chi connectivity index (χ0n) is 13.7. The molecule has 1 atom stereocenters. The number of anilines is 1. The van der Waals surface area contributed by atoms with E-state index in [0.29, 0.717) is 20.9 Å². The Bertz CT molecular complexity index is 880. The highest BCUT2D eigenvalue weighted by Crippen LogP contribution is 2.27. The molecule has 1 N–H and O–H groups in total. The van der Waals surface area contributed by atoms with Gasteiger partial charge in [-0.2, -0.15) is 0 Å². The lowest BCUT2D eigenvalue weighted by Gasteiger charge is -2.13. The van der Waals surface area contributed by atoms with Gasteiger partial charge in [-0.3, -0.25) is 10.1 Å². The number of hydrogen-bond acceptors (Lipinski definition) is 5. The standard InChI is InChI=1S/C18H16ClN3O2S/c1-11-4-3-5-15(10-11)24-12(2)16(23)20-18-22-21-17(25-18)13-6-8-14(19)9-7-13/h3-10,12H,1-2H3,(H,20,22,23)/t12-/m0/s1. The van der Waals surface area contributed by atoms with Gasteiger partial charge >= 0.3 is 0 Å². The fourth-order valence-corrected chi connectivity index (χ4v) is 3.01. The van der Waals surface area contributed by atoms with Crippen LogP contribution in [0.1, 0.15) is 12.5 Å². The molecule has 1 heterocycles. The third-order valence-corrected chi connectivity index (χ3v) is 4.56. The molecule has 0 saturated carbocycles. The van der Waals surface area contributed by atoms with Crippen molar-refractivity contribution >= 4 is 34.0 Å². The second kappa shape index (κ2) is 7.63. The number of amides is 1. The Morgan fingerprint density at radius 3 is 2.68 bits per heavy atom. The lowest BCUT2D eigenvalue weighted by atomic mass is 10.2. The highest BCUT2D eigenvalue weighted by molar-refractivity contribution is 7.18. The number of aromatic nitrogens is 2. The smallest absolute Gasteiger partial charge is 0.266 e. The molecule has 1 amide bonds. The largest absolute Gasteiger partial charge is 0.481 e. The lowest BCUT2D eigenvalue weighted by Crippen LogP contribution is -2.30. The van der Waals surface area contributed by atoms with Crippen molar-refractivity contribution in [2.75, 3.05) is 5.32 Å². The molecule has 128 valence electrons. The molecule has 2 aromatic carbocycles. The molecule has 0 unspecified atom stereocenters. The van der Waals surface area contributed by atoms with Crippen molar-refractivity contribution in [2.24, 2.45) is 0 Å². The average molecular weight is 374 g/mol. The van der Waals surface area contributed by atoms with Crippen LogP contribution in [-0.2, 0) is 4.79 Å². The molecule has 0 bridgehead atoms. The van der Waals surface area contributed by atoms with Crippen LogP contribution in [-0.4, -0.2) is 22.2 Å². The summed E-state index contributed by atoms with van der Waals surface area (Å²) < 4.78 is 5.66. The topological polar surface area (TPSA) is 64.1 Å². The zero-order chi connectivity index (χ0) is 17.8. The van der Waals surface area contributed by atoms with Crippen molar-refractivity contribution in [2.45, 2.75) is 20.0 Å². The normalized spacial score (nSPS) is 11.8. The number of ether oxygens (including phenoxy) is 1. The van der Waals surface area contributed by atoms with E-state index in [4.69, 9.17) is 16.3 Å². The van der Waals surface area contributed by atoms with Gasteiger partial charge in [-0.25, -0.2) is 0 Å². The number of rotatable bonds is 5. The molecule has 0 aliphatic carbocycles. The predicted molar refractivity (Wildman–Crippen MR) is 100 cm³/mol. The Balaban J connectivity index is 1.64. The summed E-state index contributed by atoms with van der Waals surface area (Å²) in [5, 5.41) is 12.6. The van der Waals surface area contributed by atoms with Crippen molar-refractivity contribution < 1.29 is 9.53 Å². The lowest BCUT2D eigenvalue weighted by molar-refractivity contribution is -0.122. The molecule has 5 nitrogen and oxygen atoms in total. The quantitative estimate of drug-likeness (QED) is 0.711. The van der Waals surface area contributed by atoms with Crippen molar-refractivity contribution in [3.05, 3.63) is 59.1 Å². The van der Waals surface area contributed by atoms with Crippen LogP contribution in [0.5, 0.6) is 5.75 Å². The van der Waals surface area contributed by atoms with Crippen LogP contribution < -0.4 is 10.1 Å². The Morgan fingerprint density at radius 1 is 1.20 bits per heavy atom. The van der Waals surface area contributed by atoms with E-state index in [2.05, 4.69) is 15.5 Å². The van der Waals surface area contributed by atoms with Crippen LogP contribution in [0.15, 0.2) is 48.5 Å². The zero-order valence-corrected chi connectivity index (χ0v) is 15.3. The maximum absolute atomic E-state index is 12.3. The minimum atomic E-state index is -0.648. The maximum Gasteiger partial charge on any atom is 0.266 e. The van der Waals surface area contributed by atoms with Crippen LogP contribution in [0.2, 0.25) is 5.02 Å². The van der Waals surface area contributed by atoms with Crippen LogP contribution >= 0.6 is 22.9 Å². The summed E-state index contributed by atoms with van der Waals surface area (Å²) in [7, 11) is 0. The Kier molecular flexibility index (Phi) is 5.31. The fourth-order valence-electron chi connectivity index (χ4n) is 2.14. The maximum atomic E-state index is 12.3. The highest BCUT2D eigenvalue weighted by atomic mass is 35.5. The van der Waals surface area contributed by atoms with E-state index in [9.17, 15) is 4.79 Å². The van der Waals surface area contributed by atoms with Crippen molar-refractivity contribution in [3.63, 3.8) is 0 Å². The molecule has 7 heteroatoms. The van der Waals surface area contributed by atoms with E-state index in [1.807, 2.05) is 43.3 Å². The van der Waals surface area contributed by atoms with Gasteiger partial charge in [0.05, 0.1) is 0 Å². The molecule has 25 heavy (non-hydrogen) atoms. The molecule has 0 aliphatic rings. The van der Waals surface area contributed by atoms with Crippen LogP contribution in [0.3, 0.4) is 0 Å². The average Bonchev–Trinajstić information content (AvgIpc) is 3.04. The second-order valence-electron chi connectivity index (χ2n) is 5.49. The van der Waals surface area contributed by atoms with Gasteiger partial charge in [0.2, 0.25) is 5.13 Å². The molecule has 0 radical (unpaired) electrons. The van der Waals surface area contributed by atoms with Crippen molar-refractivity contribution in [1.29, 1.82) is 0 Å². The van der Waals surface area contributed by atoms with E-state index in [-0.39, 0.29) is 5.91 Å². The second-order valence-corrected chi connectivity index (χ2v) is 6.90. The van der Waals surface area contributed by atoms with Crippen LogP contribution in [0.4, 0.5) is 5.13 Å². The van der Waals surface area contributed by atoms with Gasteiger partial charge in [0.1, 0.15) is 10.8 Å². The minimum absolute atomic E-state index is 0.277. The molecule has 3 aromatic rings. The van der Waals surface area contributed by atoms with Gasteiger partial charge in [0.15, 0.2) is 6.10 Å². The number of carbonyl (C=O) groups is 1. The number of hydrogen-bond donors (Lipinski definition) is 1. The Labute approximate surface area is 154 Å². The number of nitrogens with zero attached hydrogens (tertiary/aromatic N) is 2. The number of benzene rings is 2. The molecular weight excluding hydrogens is 358 g/mol. The summed E-state index contributed by atoms with van der Waals surface area (Å²) in [5.74, 6) is 0.377. The van der Waals surface area contributed by atoms with E-state index in [1.54, 1.807) is 19.1 Å². The first-order valence-electron chi connectivity index (χ1n) is 7.65. The van der Waals surface area contributed by atoms with Gasteiger partial charge in [-0.05, 0) is 43.7 Å². The first-order chi connectivity index (χ1) is 12.0. The highest BCUT2D eigenvalue weighted by Gasteiger charge is 2.17. The van der Waals surface area contributed by atoms with Gasteiger partial charge in [0, 0.05) is 10.6 Å². The van der Waals surface area contributed by atoms with E-state index >= 15 is 0 Å². The number of aryl methyl sites for hydroxylation is 1. The van der Waals surface area contributed by atoms with E-state index in [0.717, 1.165) is 11.1 Å². The van der Waals surface area contributed by atoms with Crippen molar-refractivity contribution in [3.8, 4) is 16.3 Å². The summed E-state index contributed by atoms with van der Waals surface area (Å²) in [6, 6.07) is 14.8. The summed E-state index contributed by atoms with van der Waals surface area (Å²) in [4.78, 5) is 12.3. The molecule has 1 aromatic heterocycles. The fraction of sp³-hybridized carbons (Fsp3) is 0.167. The van der Waals surface area contributed by atoms with Gasteiger partial charge < -0.3 is 4.74 Å². The summed E-state index contributed by atoms with van der Waals surface area (Å²) in [6.45, 7) is 3.66. The third kappa shape index (κ3) is 4.55. The summed E-state index contributed by atoms with van der Waals surface area (Å²) in [6.07, 6.45) is -0.648. The van der Waals surface area contributed by atoms with Crippen LogP contribution in [0, 0.1) is 6.92 Å². The molecular formula is C18H16ClN3O2S. The van der Waals surface area contributed by atoms with Crippen molar-refractivity contribution in [1.82, 2.24) is 10.2 Å². The molecule has 0 spiro atoms. The third-order valence-electron chi connectivity index (χ3n) is 3.42. The predicted octanol–water partition coefficient (Wildman–Crippen LogP) is 4.57. The monoisotopic (exact) mass is 373 g/mol. The van der Waals surface area contributed by atoms with E-state index in [1.165, 1.54) is 11.3 Å². The van der Waals surface area contributed by atoms with Gasteiger partial charge in [0.25, 0.3) is 5.91 Å². The van der Waals surface area contributed by atoms with Gasteiger partial charge in [-0.1, -0.05) is 47.2 Å².